The van der Waals surface area contributed by atoms with Crippen molar-refractivity contribution in [3.63, 3.8) is 0 Å². The third-order valence-corrected chi connectivity index (χ3v) is 7.39. The third-order valence-electron chi connectivity index (χ3n) is 7.39. The highest BCUT2D eigenvalue weighted by Crippen LogP contribution is 2.53. The summed E-state index contributed by atoms with van der Waals surface area (Å²) in [6.07, 6.45) is 3.77. The zero-order valence-corrected chi connectivity index (χ0v) is 19.0. The Balaban J connectivity index is 1.32. The van der Waals surface area contributed by atoms with Crippen LogP contribution >= 0.6 is 0 Å². The molecule has 7 rings (SSSR count). The van der Waals surface area contributed by atoms with Crippen LogP contribution in [-0.2, 0) is 14.4 Å². The lowest BCUT2D eigenvalue weighted by Crippen LogP contribution is -2.46. The number of nitrogens with one attached hydrogen (secondary N) is 1. The van der Waals surface area contributed by atoms with Gasteiger partial charge in [0.1, 0.15) is 6.04 Å². The van der Waals surface area contributed by atoms with E-state index in [0.29, 0.717) is 22.9 Å². The summed E-state index contributed by atoms with van der Waals surface area (Å²) in [7, 11) is 0. The van der Waals surface area contributed by atoms with Crippen molar-refractivity contribution < 1.29 is 23.9 Å². The van der Waals surface area contributed by atoms with E-state index < -0.39 is 29.8 Å². The van der Waals surface area contributed by atoms with Gasteiger partial charge in [-0.15, -0.1) is 0 Å². The van der Waals surface area contributed by atoms with Crippen LogP contribution in [0.2, 0.25) is 0 Å². The number of nitrogens with zero attached hydrogens (tertiary/aromatic N) is 2. The standard InChI is InChI=1S/C28H21N3O5/c32-26(29-17-7-2-1-3-8-17)25-23-22(24-19-9-5-4-6-16(19)12-13-30(24)25)27(33)31(28(23)34)18-10-11-20-21(14-18)36-15-35-20/h1-14,22-25H,15H2,(H,29,32)/t22-,23+,24+,25-/m1/s1. The Hall–Kier alpha value is -4.59. The summed E-state index contributed by atoms with van der Waals surface area (Å²) < 4.78 is 10.8. The number of rotatable bonds is 3. The predicted octanol–water partition coefficient (Wildman–Crippen LogP) is 3.57. The molecule has 0 spiro atoms. The number of hydrogen-bond acceptors (Lipinski definition) is 6. The molecule has 2 fully saturated rings. The second-order valence-corrected chi connectivity index (χ2v) is 9.24. The molecule has 4 atom stereocenters. The van der Waals surface area contributed by atoms with Crippen LogP contribution in [-0.4, -0.2) is 35.5 Å². The smallest absolute Gasteiger partial charge is 0.247 e. The fraction of sp³-hybridized carbons (Fsp3) is 0.179. The van der Waals surface area contributed by atoms with Gasteiger partial charge in [0.2, 0.25) is 24.5 Å². The number of carbonyl (C=O) groups is 3. The second kappa shape index (κ2) is 7.71. The molecule has 4 aliphatic heterocycles. The average molecular weight is 479 g/mol. The molecule has 0 bridgehead atoms. The number of amides is 3. The highest BCUT2D eigenvalue weighted by Gasteiger charge is 2.64. The first kappa shape index (κ1) is 20.8. The molecule has 0 saturated carbocycles. The molecule has 3 amide bonds. The van der Waals surface area contributed by atoms with Gasteiger partial charge in [-0.2, -0.15) is 0 Å². The van der Waals surface area contributed by atoms with Crippen molar-refractivity contribution in [3.8, 4) is 11.5 Å². The molecular weight excluding hydrogens is 458 g/mol. The molecule has 4 aliphatic rings. The maximum Gasteiger partial charge on any atom is 0.247 e. The minimum Gasteiger partial charge on any atom is -0.454 e. The van der Waals surface area contributed by atoms with Crippen LogP contribution in [0.4, 0.5) is 11.4 Å². The van der Waals surface area contributed by atoms with Crippen LogP contribution in [0.15, 0.2) is 79.0 Å². The van der Waals surface area contributed by atoms with Gasteiger partial charge in [0, 0.05) is 18.0 Å². The summed E-state index contributed by atoms with van der Waals surface area (Å²) in [5.41, 5.74) is 2.95. The Labute approximate surface area is 206 Å². The first-order valence-electron chi connectivity index (χ1n) is 11.8. The van der Waals surface area contributed by atoms with E-state index in [1.807, 2.05) is 59.6 Å². The zero-order valence-electron chi connectivity index (χ0n) is 19.0. The van der Waals surface area contributed by atoms with E-state index >= 15 is 0 Å². The van der Waals surface area contributed by atoms with E-state index in [1.54, 1.807) is 30.3 Å². The number of ether oxygens (including phenoxy) is 2. The summed E-state index contributed by atoms with van der Waals surface area (Å²) in [6, 6.07) is 20.6. The Bertz CT molecular complexity index is 1450. The van der Waals surface area contributed by atoms with Crippen molar-refractivity contribution in [2.24, 2.45) is 11.8 Å². The van der Waals surface area contributed by atoms with Crippen LogP contribution in [0.1, 0.15) is 17.2 Å². The van der Waals surface area contributed by atoms with Crippen molar-refractivity contribution in [1.82, 2.24) is 4.90 Å². The number of benzene rings is 3. The molecule has 0 aromatic heterocycles. The average Bonchev–Trinajstić information content (AvgIpc) is 3.57. The van der Waals surface area contributed by atoms with Gasteiger partial charge in [-0.05, 0) is 41.5 Å². The van der Waals surface area contributed by atoms with Gasteiger partial charge in [-0.3, -0.25) is 14.4 Å². The Morgan fingerprint density at radius 2 is 1.61 bits per heavy atom. The lowest BCUT2D eigenvalue weighted by Gasteiger charge is -2.35. The summed E-state index contributed by atoms with van der Waals surface area (Å²) in [5, 5.41) is 2.94. The van der Waals surface area contributed by atoms with Gasteiger partial charge < -0.3 is 19.7 Å². The molecule has 36 heavy (non-hydrogen) atoms. The highest BCUT2D eigenvalue weighted by molar-refractivity contribution is 6.24. The van der Waals surface area contributed by atoms with Crippen LogP contribution in [0, 0.1) is 11.8 Å². The summed E-state index contributed by atoms with van der Waals surface area (Å²) in [6.45, 7) is 0.0911. The summed E-state index contributed by atoms with van der Waals surface area (Å²) in [5.74, 6) is -1.53. The van der Waals surface area contributed by atoms with E-state index in [0.717, 1.165) is 11.1 Å². The molecule has 0 radical (unpaired) electrons. The van der Waals surface area contributed by atoms with Gasteiger partial charge in [-0.1, -0.05) is 42.5 Å². The molecule has 3 aromatic rings. The molecule has 3 aromatic carbocycles. The molecule has 4 heterocycles. The summed E-state index contributed by atoms with van der Waals surface area (Å²) in [4.78, 5) is 44.6. The fourth-order valence-electron chi connectivity index (χ4n) is 5.87. The zero-order chi connectivity index (χ0) is 24.4. The molecule has 8 nitrogen and oxygen atoms in total. The van der Waals surface area contributed by atoms with Gasteiger partial charge in [-0.25, -0.2) is 4.90 Å². The first-order valence-corrected chi connectivity index (χ1v) is 11.8. The normalized spacial score (nSPS) is 25.0. The van der Waals surface area contributed by atoms with E-state index in [9.17, 15) is 14.4 Å². The van der Waals surface area contributed by atoms with Crippen LogP contribution < -0.4 is 19.7 Å². The fourth-order valence-corrected chi connectivity index (χ4v) is 5.87. The minimum atomic E-state index is -0.847. The van der Waals surface area contributed by atoms with Crippen molar-refractivity contribution in [3.05, 3.63) is 90.1 Å². The largest absolute Gasteiger partial charge is 0.454 e. The van der Waals surface area contributed by atoms with Crippen LogP contribution in [0.3, 0.4) is 0 Å². The van der Waals surface area contributed by atoms with Crippen molar-refractivity contribution in [1.29, 1.82) is 0 Å². The molecule has 0 aliphatic carbocycles. The second-order valence-electron chi connectivity index (χ2n) is 9.24. The van der Waals surface area contributed by atoms with Crippen LogP contribution in [0.5, 0.6) is 11.5 Å². The number of carbonyl (C=O) groups excluding carboxylic acids is 3. The predicted molar refractivity (Wildman–Crippen MR) is 131 cm³/mol. The SMILES string of the molecule is O=C(Nc1ccccc1)[C@H]1[C@H]2C(=O)N(c3ccc4c(c3)OCO4)C(=O)[C@H]2[C@@H]2c3ccccc3C=CN12. The van der Waals surface area contributed by atoms with E-state index in [-0.39, 0.29) is 18.6 Å². The van der Waals surface area contributed by atoms with Crippen molar-refractivity contribution in [2.75, 3.05) is 17.0 Å². The number of imide groups is 1. The quantitative estimate of drug-likeness (QED) is 0.578. The minimum absolute atomic E-state index is 0.0911. The monoisotopic (exact) mass is 479 g/mol. The topological polar surface area (TPSA) is 88.2 Å². The van der Waals surface area contributed by atoms with E-state index in [4.69, 9.17) is 9.47 Å². The maximum atomic E-state index is 13.9. The molecule has 2 saturated heterocycles. The molecule has 8 heteroatoms. The van der Waals surface area contributed by atoms with Gasteiger partial charge >= 0.3 is 0 Å². The van der Waals surface area contributed by atoms with E-state index in [1.165, 1.54) is 4.90 Å². The van der Waals surface area contributed by atoms with Crippen LogP contribution in [0.25, 0.3) is 6.08 Å². The molecule has 178 valence electrons. The number of para-hydroxylation sites is 1. The summed E-state index contributed by atoms with van der Waals surface area (Å²) >= 11 is 0. The lowest BCUT2D eigenvalue weighted by molar-refractivity contribution is -0.128. The van der Waals surface area contributed by atoms with Gasteiger partial charge in [0.15, 0.2) is 11.5 Å². The number of hydrogen-bond donors (Lipinski definition) is 1. The molecule has 0 unspecified atom stereocenters. The lowest BCUT2D eigenvalue weighted by atomic mass is 9.84. The highest BCUT2D eigenvalue weighted by atomic mass is 16.7. The number of fused-ring (bicyclic) bond motifs is 6. The molecular formula is C28H21N3O5. The van der Waals surface area contributed by atoms with Crippen molar-refractivity contribution >= 4 is 35.2 Å². The van der Waals surface area contributed by atoms with Gasteiger partial charge in [0.05, 0.1) is 23.6 Å². The van der Waals surface area contributed by atoms with Gasteiger partial charge in [0.25, 0.3) is 0 Å². The first-order chi connectivity index (χ1) is 17.6. The van der Waals surface area contributed by atoms with E-state index in [2.05, 4.69) is 5.32 Å². The Morgan fingerprint density at radius 3 is 2.47 bits per heavy atom. The number of anilines is 2. The molecule has 1 N–H and O–H groups in total. The third kappa shape index (κ3) is 2.90. The maximum absolute atomic E-state index is 13.9. The Kier molecular flexibility index (Phi) is 4.44. The Morgan fingerprint density at radius 1 is 0.861 bits per heavy atom. The van der Waals surface area contributed by atoms with Crippen molar-refractivity contribution in [2.45, 2.75) is 12.1 Å².